The van der Waals surface area contributed by atoms with Crippen molar-refractivity contribution in [2.45, 2.75) is 96.6 Å². The van der Waals surface area contributed by atoms with Crippen molar-refractivity contribution in [3.8, 4) is 33.4 Å². The molecule has 2 heterocycles. The van der Waals surface area contributed by atoms with Gasteiger partial charge in [0.25, 0.3) is 0 Å². The van der Waals surface area contributed by atoms with Gasteiger partial charge >= 0.3 is 0 Å². The summed E-state index contributed by atoms with van der Waals surface area (Å²) in [6.07, 6.45) is 12.4. The van der Waals surface area contributed by atoms with E-state index in [2.05, 4.69) is 324 Å². The first kappa shape index (κ1) is 57.3. The average Bonchev–Trinajstić information content (AvgIpc) is 1.55. The zero-order chi connectivity index (χ0) is 61.1. The molecule has 0 saturated heterocycles. The summed E-state index contributed by atoms with van der Waals surface area (Å²) in [7, 11) is 0. The molecule has 0 unspecified atom stereocenters. The Hall–Kier alpha value is -10.2. The number of rotatable bonds is 22. The van der Waals surface area contributed by atoms with Crippen molar-refractivity contribution in [1.29, 1.82) is 0 Å². The third-order valence-corrected chi connectivity index (χ3v) is 19.5. The van der Waals surface area contributed by atoms with E-state index in [9.17, 15) is 0 Å². The first-order valence-electron chi connectivity index (χ1n) is 33.4. The molecule has 0 spiro atoms. The summed E-state index contributed by atoms with van der Waals surface area (Å²) in [6.45, 7) is 6.61. The Bertz CT molecular complexity index is 4440. The fourth-order valence-corrected chi connectivity index (χ4v) is 15.1. The van der Waals surface area contributed by atoms with Crippen LogP contribution >= 0.6 is 0 Å². The molecule has 0 fully saturated rings. The van der Waals surface area contributed by atoms with Gasteiger partial charge in [-0.05, 0) is 190 Å². The van der Waals surface area contributed by atoms with Gasteiger partial charge in [-0.1, -0.05) is 235 Å². The number of hydrogen-bond acceptors (Lipinski definition) is 2. The van der Waals surface area contributed by atoms with Gasteiger partial charge in [0, 0.05) is 90.8 Å². The Morgan fingerprint density at radius 1 is 0.264 bits per heavy atom. The van der Waals surface area contributed by atoms with Gasteiger partial charge in [-0.15, -0.1) is 0 Å². The van der Waals surface area contributed by atoms with E-state index in [0.29, 0.717) is 0 Å². The molecule has 0 saturated carbocycles. The number of aryl methyl sites for hydroxylation is 2. The van der Waals surface area contributed by atoms with Crippen LogP contribution in [0.2, 0.25) is 0 Å². The molecule has 0 aliphatic heterocycles. The molecule has 4 heteroatoms. The Kier molecular flexibility index (Phi) is 16.0. The van der Waals surface area contributed by atoms with Crippen molar-refractivity contribution in [2.24, 2.45) is 0 Å². The maximum absolute atomic E-state index is 2.61. The average molecular weight is 1180 g/mol. The minimum absolute atomic E-state index is 0.750. The molecule has 0 amide bonds. The lowest BCUT2D eigenvalue weighted by molar-refractivity contribution is 0.584. The van der Waals surface area contributed by atoms with Crippen LogP contribution in [0.5, 0.6) is 0 Å². The lowest BCUT2D eigenvalue weighted by atomic mass is 9.66. The van der Waals surface area contributed by atoms with Crippen molar-refractivity contribution < 1.29 is 0 Å². The normalized spacial score (nSPS) is 12.5. The van der Waals surface area contributed by atoms with Gasteiger partial charge in [0.1, 0.15) is 0 Å². The molecule has 91 heavy (non-hydrogen) atoms. The third kappa shape index (κ3) is 10.6. The monoisotopic (exact) mass is 1180 g/mol. The Morgan fingerprint density at radius 2 is 0.582 bits per heavy atom. The highest BCUT2D eigenvalue weighted by Gasteiger charge is 2.47. The molecule has 446 valence electrons. The zero-order valence-electron chi connectivity index (χ0n) is 52.5. The van der Waals surface area contributed by atoms with Gasteiger partial charge in [0.05, 0.1) is 5.41 Å². The minimum Gasteiger partial charge on any atom is -0.340 e. The SMILES string of the molecule is CCCCCCCn1c2ccccc2c2cc(C3(c4ccc5c(c4)c4ccccc4n5CCCCCCC)c4cc(-c5ccc(N(c6ccccc6)c6ccccc6)cc5)ccc4-c4ccc(-c5ccc(N(c6ccccc6)c6ccccc6)cc5)cc43)ccc21. The highest BCUT2D eigenvalue weighted by atomic mass is 15.1. The van der Waals surface area contributed by atoms with Crippen LogP contribution in [0.4, 0.5) is 34.1 Å². The largest absolute Gasteiger partial charge is 0.340 e. The van der Waals surface area contributed by atoms with Gasteiger partial charge in [-0.2, -0.15) is 0 Å². The maximum Gasteiger partial charge on any atom is 0.0714 e. The summed E-state index contributed by atoms with van der Waals surface area (Å²) < 4.78 is 5.23. The van der Waals surface area contributed by atoms with E-state index in [0.717, 1.165) is 60.1 Å². The van der Waals surface area contributed by atoms with Gasteiger partial charge in [0.2, 0.25) is 0 Å². The molecule has 0 N–H and O–H groups in total. The van der Waals surface area contributed by atoms with Crippen molar-refractivity contribution in [1.82, 2.24) is 9.13 Å². The van der Waals surface area contributed by atoms with E-state index in [1.165, 1.54) is 151 Å². The summed E-state index contributed by atoms with van der Waals surface area (Å²) in [4.78, 5) is 4.70. The smallest absolute Gasteiger partial charge is 0.0714 e. The van der Waals surface area contributed by atoms with Crippen LogP contribution in [0.3, 0.4) is 0 Å². The molecule has 2 aromatic heterocycles. The lowest BCUT2D eigenvalue weighted by Gasteiger charge is -2.35. The van der Waals surface area contributed by atoms with E-state index in [4.69, 9.17) is 0 Å². The summed E-state index contributed by atoms with van der Waals surface area (Å²) in [5.41, 5.74) is 23.6. The topological polar surface area (TPSA) is 16.3 Å². The summed E-state index contributed by atoms with van der Waals surface area (Å²) in [5.74, 6) is 0. The predicted molar refractivity (Wildman–Crippen MR) is 388 cm³/mol. The molecule has 0 atom stereocenters. The summed E-state index contributed by atoms with van der Waals surface area (Å²) >= 11 is 0. The number of unbranched alkanes of at least 4 members (excludes halogenated alkanes) is 8. The number of benzene rings is 12. The highest BCUT2D eigenvalue weighted by molar-refractivity contribution is 6.10. The second kappa shape index (κ2) is 25.4. The second-order valence-electron chi connectivity index (χ2n) is 25.0. The van der Waals surface area contributed by atoms with Gasteiger partial charge in [-0.25, -0.2) is 0 Å². The van der Waals surface area contributed by atoms with Gasteiger partial charge in [0.15, 0.2) is 0 Å². The van der Waals surface area contributed by atoms with Crippen LogP contribution in [0.25, 0.3) is 77.0 Å². The minimum atomic E-state index is -0.750. The maximum atomic E-state index is 2.61. The van der Waals surface area contributed by atoms with Crippen molar-refractivity contribution in [3.05, 3.63) is 313 Å². The Balaban J connectivity index is 0.952. The molecule has 4 nitrogen and oxygen atoms in total. The van der Waals surface area contributed by atoms with E-state index in [1.54, 1.807) is 0 Å². The van der Waals surface area contributed by atoms with Crippen LogP contribution < -0.4 is 9.80 Å². The van der Waals surface area contributed by atoms with Gasteiger partial charge < -0.3 is 18.9 Å². The van der Waals surface area contributed by atoms with Crippen molar-refractivity contribution >= 4 is 77.7 Å². The van der Waals surface area contributed by atoms with Crippen LogP contribution in [0.1, 0.15) is 100 Å². The van der Waals surface area contributed by atoms with E-state index >= 15 is 0 Å². The Labute approximate surface area is 536 Å². The number of anilines is 6. The fourth-order valence-electron chi connectivity index (χ4n) is 15.1. The molecule has 1 aliphatic rings. The third-order valence-electron chi connectivity index (χ3n) is 19.5. The molecular formula is C87H78N4. The van der Waals surface area contributed by atoms with E-state index < -0.39 is 5.41 Å². The Morgan fingerprint density at radius 3 is 0.956 bits per heavy atom. The quantitative estimate of drug-likeness (QED) is 0.0629. The lowest BCUT2D eigenvalue weighted by Crippen LogP contribution is -2.28. The van der Waals surface area contributed by atoms with Crippen LogP contribution in [0, 0.1) is 0 Å². The first-order chi connectivity index (χ1) is 45.1. The molecule has 14 aromatic rings. The molecule has 0 bridgehead atoms. The first-order valence-corrected chi connectivity index (χ1v) is 33.4. The van der Waals surface area contributed by atoms with Crippen LogP contribution in [-0.4, -0.2) is 9.13 Å². The summed E-state index contributed by atoms with van der Waals surface area (Å²) in [6, 6.07) is 110. The molecule has 0 radical (unpaired) electrons. The number of aromatic nitrogens is 2. The second-order valence-corrected chi connectivity index (χ2v) is 25.0. The van der Waals surface area contributed by atoms with E-state index in [-0.39, 0.29) is 0 Å². The number of para-hydroxylation sites is 6. The molecule has 12 aromatic carbocycles. The number of hydrogen-bond donors (Lipinski definition) is 0. The zero-order valence-corrected chi connectivity index (χ0v) is 52.5. The summed E-state index contributed by atoms with van der Waals surface area (Å²) in [5, 5.41) is 5.22. The predicted octanol–water partition coefficient (Wildman–Crippen LogP) is 24.5. The van der Waals surface area contributed by atoms with Crippen LogP contribution in [0.15, 0.2) is 291 Å². The molecule has 15 rings (SSSR count). The fraction of sp³-hybridized carbons (Fsp3) is 0.172. The molecule has 1 aliphatic carbocycles. The van der Waals surface area contributed by atoms with Crippen LogP contribution in [-0.2, 0) is 18.5 Å². The van der Waals surface area contributed by atoms with Crippen molar-refractivity contribution in [3.63, 3.8) is 0 Å². The number of nitrogens with zero attached hydrogens (tertiary/aromatic N) is 4. The van der Waals surface area contributed by atoms with Gasteiger partial charge in [-0.3, -0.25) is 0 Å². The molecular weight excluding hydrogens is 1100 g/mol. The van der Waals surface area contributed by atoms with Crippen molar-refractivity contribution in [2.75, 3.05) is 9.80 Å². The number of fused-ring (bicyclic) bond motifs is 9. The van der Waals surface area contributed by atoms with E-state index in [1.807, 2.05) is 0 Å². The highest BCUT2D eigenvalue weighted by Crippen LogP contribution is 2.59. The standard InChI is InChI=1S/C87H78N4/c1-3-5-7-9-27-57-88-83-39-25-23-37-77(83)79-61-67(47-55-85(79)88)87(68-48-56-86-80(62-68)78-38-24-26-40-84(78)89(86)58-28-10-8-6-4-2)81-59-65(63-41-49-73(50-42-63)90(69-29-15-11-16-30-69)70-31-17-12-18-32-70)45-53-75(81)76-54-46-66(60-82(76)87)64-43-51-74(52-44-64)91(71-33-19-13-20-34-71)72-35-21-14-22-36-72/h11-26,29-56,59-62H,3-10,27-28,57-58H2,1-2H3.